The molecule has 0 saturated carbocycles. The molecule has 4 heteroatoms. The van der Waals surface area contributed by atoms with E-state index in [2.05, 4.69) is 61.3 Å². The van der Waals surface area contributed by atoms with Crippen molar-refractivity contribution in [1.29, 1.82) is 0 Å². The molecule has 0 aromatic heterocycles. The fraction of sp³-hybridized carbons (Fsp3) is 1.00. The molecular weight excluding hydrogens is 309 g/mol. The summed E-state index contributed by atoms with van der Waals surface area (Å²) in [5, 5.41) is 0. The minimum Gasteiger partial charge on any atom is -0.378 e. The first-order chi connectivity index (χ1) is 6.42. The molecule has 2 atom stereocenters. The summed E-state index contributed by atoms with van der Waals surface area (Å²) in [6.07, 6.45) is 2.38. The van der Waals surface area contributed by atoms with Gasteiger partial charge in [0, 0.05) is 15.9 Å². The highest BCUT2D eigenvalue weighted by Gasteiger charge is 2.29. The van der Waals surface area contributed by atoms with Crippen molar-refractivity contribution in [2.45, 2.75) is 37.7 Å². The van der Waals surface area contributed by atoms with Crippen molar-refractivity contribution < 1.29 is 4.74 Å². The molecule has 1 N–H and O–H groups in total. The van der Waals surface area contributed by atoms with Crippen molar-refractivity contribution in [3.63, 3.8) is 0 Å². The van der Waals surface area contributed by atoms with Gasteiger partial charge in [0.25, 0.3) is 0 Å². The van der Waals surface area contributed by atoms with Gasteiger partial charge >= 0.3 is 0 Å². The lowest BCUT2D eigenvalue weighted by Gasteiger charge is -2.33. The molecule has 0 radical (unpaired) electrons. The molecular formula is C10H22INOS. The van der Waals surface area contributed by atoms with E-state index in [0.717, 1.165) is 13.2 Å². The number of rotatable bonds is 7. The van der Waals surface area contributed by atoms with Gasteiger partial charge in [-0.25, -0.2) is 0 Å². The zero-order chi connectivity index (χ0) is 11.2. The van der Waals surface area contributed by atoms with Gasteiger partial charge in [-0.15, -0.1) is 0 Å². The summed E-state index contributed by atoms with van der Waals surface area (Å²) in [6.45, 7) is 10.5. The highest BCUT2D eigenvalue weighted by Crippen LogP contribution is 2.28. The van der Waals surface area contributed by atoms with E-state index in [4.69, 9.17) is 4.74 Å². The lowest BCUT2D eigenvalue weighted by Crippen LogP contribution is -2.40. The molecule has 0 heterocycles. The normalized spacial score (nSPS) is 18.2. The average Bonchev–Trinajstić information content (AvgIpc) is 2.11. The summed E-state index contributed by atoms with van der Waals surface area (Å²) in [4.78, 5) is 0. The van der Waals surface area contributed by atoms with E-state index in [1.165, 1.54) is 0 Å². The monoisotopic (exact) mass is 331 g/mol. The molecule has 0 aliphatic carbocycles. The number of nitrogens with one attached hydrogen (secondary N) is 1. The van der Waals surface area contributed by atoms with E-state index < -0.39 is 0 Å². The maximum atomic E-state index is 5.71. The molecule has 2 unspecified atom stereocenters. The molecule has 0 aromatic carbocycles. The molecule has 0 bridgehead atoms. The van der Waals surface area contributed by atoms with E-state index in [-0.39, 0.29) is 5.41 Å². The van der Waals surface area contributed by atoms with Gasteiger partial charge in [0.05, 0.1) is 12.7 Å². The lowest BCUT2D eigenvalue weighted by atomic mass is 9.89. The second-order valence-corrected chi connectivity index (χ2v) is 6.72. The van der Waals surface area contributed by atoms with Gasteiger partial charge in [0.2, 0.25) is 0 Å². The van der Waals surface area contributed by atoms with Crippen molar-refractivity contribution in [3.8, 4) is 0 Å². The number of alkyl halides is 1. The summed E-state index contributed by atoms with van der Waals surface area (Å²) in [5.74, 6) is 0. The predicted molar refractivity (Wildman–Crippen MR) is 74.2 cm³/mol. The van der Waals surface area contributed by atoms with Crippen LogP contribution in [0.25, 0.3) is 0 Å². The highest BCUT2D eigenvalue weighted by molar-refractivity contribution is 14.1. The molecule has 0 spiro atoms. The van der Waals surface area contributed by atoms with Crippen LogP contribution in [0.5, 0.6) is 0 Å². The van der Waals surface area contributed by atoms with E-state index in [0.29, 0.717) is 10.0 Å². The third-order valence-electron chi connectivity index (χ3n) is 2.33. The summed E-state index contributed by atoms with van der Waals surface area (Å²) >= 11 is 4.15. The molecule has 2 nitrogen and oxygen atoms in total. The van der Waals surface area contributed by atoms with Gasteiger partial charge in [-0.2, -0.15) is 0 Å². The maximum Gasteiger partial charge on any atom is 0.0545 e. The minimum atomic E-state index is 0.216. The molecule has 0 aliphatic rings. The van der Waals surface area contributed by atoms with Crippen LogP contribution in [-0.2, 0) is 4.74 Å². The third kappa shape index (κ3) is 5.78. The van der Waals surface area contributed by atoms with Crippen LogP contribution in [0.3, 0.4) is 0 Å². The first-order valence-electron chi connectivity index (χ1n) is 4.94. The smallest absolute Gasteiger partial charge is 0.0545 e. The Morgan fingerprint density at radius 2 is 2.00 bits per heavy atom. The summed E-state index contributed by atoms with van der Waals surface area (Å²) in [5.41, 5.74) is 0.216. The fourth-order valence-electron chi connectivity index (χ4n) is 0.901. The first-order valence-corrected chi connectivity index (χ1v) is 7.41. The quantitative estimate of drug-likeness (QED) is 0.440. The largest absolute Gasteiger partial charge is 0.378 e. The summed E-state index contributed by atoms with van der Waals surface area (Å²) < 4.78 is 9.63. The van der Waals surface area contributed by atoms with Crippen LogP contribution in [0, 0.1) is 5.41 Å². The number of halogens is 1. The summed E-state index contributed by atoms with van der Waals surface area (Å²) in [7, 11) is 0. The van der Waals surface area contributed by atoms with E-state index in [1.807, 2.05) is 0 Å². The zero-order valence-electron chi connectivity index (χ0n) is 9.76. The number of hydrogen-bond acceptors (Lipinski definition) is 3. The standard InChI is InChI=1S/C10H22INOS/c1-8(2)13-7-10(4,9(3)11)6-12-14-5/h8-9,12H,6-7H2,1-5H3. The Bertz CT molecular complexity index is 155. The number of hydrogen-bond donors (Lipinski definition) is 1. The molecule has 0 aliphatic heterocycles. The van der Waals surface area contributed by atoms with Crippen LogP contribution in [0.1, 0.15) is 27.7 Å². The Balaban J connectivity index is 4.10. The highest BCUT2D eigenvalue weighted by atomic mass is 127. The molecule has 0 amide bonds. The van der Waals surface area contributed by atoms with Crippen LogP contribution < -0.4 is 4.72 Å². The lowest BCUT2D eigenvalue weighted by molar-refractivity contribution is 0.0189. The van der Waals surface area contributed by atoms with E-state index in [1.54, 1.807) is 11.9 Å². The average molecular weight is 331 g/mol. The van der Waals surface area contributed by atoms with Crippen LogP contribution in [0.2, 0.25) is 0 Å². The second kappa shape index (κ2) is 7.30. The molecule has 0 rings (SSSR count). The van der Waals surface area contributed by atoms with E-state index in [9.17, 15) is 0 Å². The molecule has 86 valence electrons. The topological polar surface area (TPSA) is 21.3 Å². The van der Waals surface area contributed by atoms with Crippen LogP contribution in [0.4, 0.5) is 0 Å². The van der Waals surface area contributed by atoms with Gasteiger partial charge in [-0.05, 0) is 20.1 Å². The number of ether oxygens (including phenoxy) is 1. The molecule has 0 aromatic rings. The Hall–Kier alpha value is 1.00. The fourth-order valence-corrected chi connectivity index (χ4v) is 1.77. The van der Waals surface area contributed by atoms with Gasteiger partial charge < -0.3 is 4.74 Å². The second-order valence-electron chi connectivity index (χ2n) is 4.16. The van der Waals surface area contributed by atoms with Crippen molar-refractivity contribution in [3.05, 3.63) is 0 Å². The first kappa shape index (κ1) is 15.0. The Morgan fingerprint density at radius 3 is 2.36 bits per heavy atom. The van der Waals surface area contributed by atoms with Gasteiger partial charge in [0.1, 0.15) is 0 Å². The summed E-state index contributed by atoms with van der Waals surface area (Å²) in [6, 6.07) is 0. The maximum absolute atomic E-state index is 5.71. The zero-order valence-corrected chi connectivity index (χ0v) is 12.7. The van der Waals surface area contributed by atoms with Crippen molar-refractivity contribution in [2.24, 2.45) is 5.41 Å². The molecule has 14 heavy (non-hydrogen) atoms. The van der Waals surface area contributed by atoms with Crippen LogP contribution in [0.15, 0.2) is 0 Å². The van der Waals surface area contributed by atoms with Gasteiger partial charge in [0.15, 0.2) is 0 Å². The molecule has 0 fully saturated rings. The molecule has 0 saturated heterocycles. The van der Waals surface area contributed by atoms with Crippen molar-refractivity contribution >= 4 is 34.5 Å². The predicted octanol–water partition coefficient (Wildman–Crippen LogP) is 3.11. The van der Waals surface area contributed by atoms with Gasteiger partial charge in [-0.1, -0.05) is 48.4 Å². The van der Waals surface area contributed by atoms with Gasteiger partial charge in [-0.3, -0.25) is 4.72 Å². The van der Waals surface area contributed by atoms with Crippen molar-refractivity contribution in [1.82, 2.24) is 4.72 Å². The van der Waals surface area contributed by atoms with Crippen molar-refractivity contribution in [2.75, 3.05) is 19.4 Å². The Kier molecular flexibility index (Phi) is 7.82. The SMILES string of the molecule is CSNCC(C)(COC(C)C)C(C)I. The Morgan fingerprint density at radius 1 is 1.43 bits per heavy atom. The Labute approximate surface area is 106 Å². The third-order valence-corrected chi connectivity index (χ3v) is 4.26. The minimum absolute atomic E-state index is 0.216. The van der Waals surface area contributed by atoms with Crippen LogP contribution in [-0.4, -0.2) is 29.4 Å². The van der Waals surface area contributed by atoms with Crippen LogP contribution >= 0.6 is 34.5 Å². The van der Waals surface area contributed by atoms with E-state index >= 15 is 0 Å².